The Morgan fingerprint density at radius 3 is 2.78 bits per heavy atom. The number of unbranched alkanes of at least 4 members (excludes halogenated alkanes) is 1. The van der Waals surface area contributed by atoms with E-state index < -0.39 is 11.6 Å². The standard InChI is InChI=1S/C14H18BrF2N/c1-3-5-6-7-12(18-4-2)10-8-9-11(16)14(17)13(10)15/h3,8-9,12,18H,1,4-7H2,2H3. The molecule has 100 valence electrons. The molecule has 1 nitrogen and oxygen atoms in total. The summed E-state index contributed by atoms with van der Waals surface area (Å²) in [6.45, 7) is 6.46. The van der Waals surface area contributed by atoms with Crippen LogP contribution in [0.3, 0.4) is 0 Å². The fourth-order valence-electron chi connectivity index (χ4n) is 1.89. The molecule has 1 aromatic rings. The monoisotopic (exact) mass is 317 g/mol. The first kappa shape index (κ1) is 15.3. The Balaban J connectivity index is 2.90. The molecule has 0 aliphatic carbocycles. The van der Waals surface area contributed by atoms with Crippen molar-refractivity contribution < 1.29 is 8.78 Å². The summed E-state index contributed by atoms with van der Waals surface area (Å²) in [5, 5.41) is 3.29. The van der Waals surface area contributed by atoms with E-state index in [9.17, 15) is 8.78 Å². The predicted molar refractivity (Wildman–Crippen MR) is 74.5 cm³/mol. The Morgan fingerprint density at radius 2 is 2.17 bits per heavy atom. The molecule has 0 bridgehead atoms. The van der Waals surface area contributed by atoms with Gasteiger partial charge in [0.15, 0.2) is 11.6 Å². The minimum absolute atomic E-state index is 0.0272. The average molecular weight is 318 g/mol. The Labute approximate surface area is 115 Å². The van der Waals surface area contributed by atoms with Gasteiger partial charge in [0.1, 0.15) is 0 Å². The van der Waals surface area contributed by atoms with Crippen LogP contribution >= 0.6 is 15.9 Å². The fraction of sp³-hybridized carbons (Fsp3) is 0.429. The summed E-state index contributed by atoms with van der Waals surface area (Å²) < 4.78 is 26.8. The highest BCUT2D eigenvalue weighted by atomic mass is 79.9. The molecule has 0 saturated heterocycles. The number of rotatable bonds is 7. The molecule has 0 aliphatic heterocycles. The van der Waals surface area contributed by atoms with Crippen LogP contribution in [0.5, 0.6) is 0 Å². The van der Waals surface area contributed by atoms with E-state index in [1.54, 1.807) is 6.07 Å². The van der Waals surface area contributed by atoms with Gasteiger partial charge in [0, 0.05) is 6.04 Å². The first-order valence-electron chi connectivity index (χ1n) is 6.09. The van der Waals surface area contributed by atoms with Crippen LogP contribution < -0.4 is 5.32 Å². The third kappa shape index (κ3) is 3.89. The van der Waals surface area contributed by atoms with Gasteiger partial charge < -0.3 is 5.32 Å². The first-order valence-corrected chi connectivity index (χ1v) is 6.88. The lowest BCUT2D eigenvalue weighted by Crippen LogP contribution is -2.21. The number of hydrogen-bond donors (Lipinski definition) is 1. The highest BCUT2D eigenvalue weighted by Gasteiger charge is 2.17. The first-order chi connectivity index (χ1) is 8.61. The summed E-state index contributed by atoms with van der Waals surface area (Å²) >= 11 is 3.14. The third-order valence-electron chi connectivity index (χ3n) is 2.79. The number of nitrogens with one attached hydrogen (secondary N) is 1. The Morgan fingerprint density at radius 1 is 1.44 bits per heavy atom. The van der Waals surface area contributed by atoms with E-state index in [1.807, 2.05) is 13.0 Å². The molecule has 0 saturated carbocycles. The zero-order valence-corrected chi connectivity index (χ0v) is 12.1. The molecular weight excluding hydrogens is 300 g/mol. The molecule has 0 spiro atoms. The van der Waals surface area contributed by atoms with Gasteiger partial charge in [-0.25, -0.2) is 8.78 Å². The molecule has 18 heavy (non-hydrogen) atoms. The van der Waals surface area contributed by atoms with Crippen LogP contribution in [-0.4, -0.2) is 6.54 Å². The largest absolute Gasteiger partial charge is 0.310 e. The van der Waals surface area contributed by atoms with Crippen molar-refractivity contribution in [1.82, 2.24) is 5.32 Å². The molecule has 0 amide bonds. The molecule has 0 heterocycles. The molecule has 1 rings (SSSR count). The molecule has 4 heteroatoms. The topological polar surface area (TPSA) is 12.0 Å². The third-order valence-corrected chi connectivity index (χ3v) is 3.60. The Kier molecular flexibility index (Phi) is 6.50. The highest BCUT2D eigenvalue weighted by Crippen LogP contribution is 2.30. The van der Waals surface area contributed by atoms with Crippen LogP contribution in [-0.2, 0) is 0 Å². The smallest absolute Gasteiger partial charge is 0.173 e. The van der Waals surface area contributed by atoms with Gasteiger partial charge in [-0.05, 0) is 53.4 Å². The maximum Gasteiger partial charge on any atom is 0.173 e. The summed E-state index contributed by atoms with van der Waals surface area (Å²) in [6, 6.07) is 2.83. The van der Waals surface area contributed by atoms with Crippen LogP contribution in [0.15, 0.2) is 29.3 Å². The normalized spacial score (nSPS) is 12.4. The van der Waals surface area contributed by atoms with Gasteiger partial charge in [0.2, 0.25) is 0 Å². The van der Waals surface area contributed by atoms with E-state index in [2.05, 4.69) is 27.8 Å². The molecular formula is C14H18BrF2N. The maximum atomic E-state index is 13.5. The Bertz CT molecular complexity index is 407. The second-order valence-corrected chi connectivity index (χ2v) is 4.89. The summed E-state index contributed by atoms with van der Waals surface area (Å²) in [6.07, 6.45) is 4.61. The van der Waals surface area contributed by atoms with Gasteiger partial charge in [-0.1, -0.05) is 19.1 Å². The fourth-order valence-corrected chi connectivity index (χ4v) is 2.49. The SMILES string of the molecule is C=CCCCC(NCC)c1ccc(F)c(F)c1Br. The van der Waals surface area contributed by atoms with Gasteiger partial charge in [0.25, 0.3) is 0 Å². The maximum absolute atomic E-state index is 13.5. The zero-order valence-electron chi connectivity index (χ0n) is 10.5. The van der Waals surface area contributed by atoms with Gasteiger partial charge >= 0.3 is 0 Å². The van der Waals surface area contributed by atoms with Gasteiger partial charge in [-0.2, -0.15) is 0 Å². The van der Waals surface area contributed by atoms with Crippen LogP contribution in [0.4, 0.5) is 8.78 Å². The van der Waals surface area contributed by atoms with Crippen molar-refractivity contribution in [2.75, 3.05) is 6.54 Å². The summed E-state index contributed by atoms with van der Waals surface area (Å²) in [5.41, 5.74) is 0.764. The number of hydrogen-bond acceptors (Lipinski definition) is 1. The molecule has 1 atom stereocenters. The molecule has 0 aliphatic rings. The van der Waals surface area contributed by atoms with Gasteiger partial charge in [-0.3, -0.25) is 0 Å². The summed E-state index contributed by atoms with van der Waals surface area (Å²) in [4.78, 5) is 0. The molecule has 1 unspecified atom stereocenters. The second kappa shape index (κ2) is 7.64. The molecule has 0 fully saturated rings. The van der Waals surface area contributed by atoms with E-state index in [1.165, 1.54) is 6.07 Å². The van der Waals surface area contributed by atoms with Gasteiger partial charge in [0.05, 0.1) is 4.47 Å². The van der Waals surface area contributed by atoms with Crippen molar-refractivity contribution in [3.05, 3.63) is 46.5 Å². The molecule has 0 radical (unpaired) electrons. The number of allylic oxidation sites excluding steroid dienone is 1. The minimum Gasteiger partial charge on any atom is -0.310 e. The second-order valence-electron chi connectivity index (χ2n) is 4.09. The van der Waals surface area contributed by atoms with E-state index in [0.29, 0.717) is 0 Å². The van der Waals surface area contributed by atoms with E-state index in [4.69, 9.17) is 0 Å². The molecule has 1 N–H and O–H groups in total. The van der Waals surface area contributed by atoms with Crippen molar-refractivity contribution >= 4 is 15.9 Å². The summed E-state index contributed by atoms with van der Waals surface area (Å²) in [7, 11) is 0. The lowest BCUT2D eigenvalue weighted by molar-refractivity contribution is 0.476. The van der Waals surface area contributed by atoms with Crippen molar-refractivity contribution in [3.63, 3.8) is 0 Å². The number of benzene rings is 1. The van der Waals surface area contributed by atoms with Crippen molar-refractivity contribution in [2.45, 2.75) is 32.2 Å². The molecule has 0 aromatic heterocycles. The predicted octanol–water partition coefficient (Wildman–Crippen LogP) is 4.73. The van der Waals surface area contributed by atoms with Crippen LogP contribution in [0.2, 0.25) is 0 Å². The van der Waals surface area contributed by atoms with Crippen molar-refractivity contribution in [3.8, 4) is 0 Å². The van der Waals surface area contributed by atoms with Crippen LogP contribution in [0.25, 0.3) is 0 Å². The van der Waals surface area contributed by atoms with E-state index in [-0.39, 0.29) is 10.5 Å². The lowest BCUT2D eigenvalue weighted by atomic mass is 10.0. The van der Waals surface area contributed by atoms with Crippen molar-refractivity contribution in [1.29, 1.82) is 0 Å². The number of halogens is 3. The Hall–Kier alpha value is -0.740. The van der Waals surface area contributed by atoms with Gasteiger partial charge in [-0.15, -0.1) is 6.58 Å². The van der Waals surface area contributed by atoms with E-state index in [0.717, 1.165) is 31.4 Å². The quantitative estimate of drug-likeness (QED) is 0.435. The van der Waals surface area contributed by atoms with Crippen molar-refractivity contribution in [2.24, 2.45) is 0 Å². The summed E-state index contributed by atoms with van der Waals surface area (Å²) in [5.74, 6) is -1.65. The minimum atomic E-state index is -0.827. The van der Waals surface area contributed by atoms with E-state index >= 15 is 0 Å². The van der Waals surface area contributed by atoms with Crippen LogP contribution in [0, 0.1) is 11.6 Å². The molecule has 1 aromatic carbocycles. The van der Waals surface area contributed by atoms with Crippen LogP contribution in [0.1, 0.15) is 37.8 Å². The lowest BCUT2D eigenvalue weighted by Gasteiger charge is -2.20. The average Bonchev–Trinajstić information content (AvgIpc) is 2.36. The zero-order chi connectivity index (χ0) is 13.5. The highest BCUT2D eigenvalue weighted by molar-refractivity contribution is 9.10.